The summed E-state index contributed by atoms with van der Waals surface area (Å²) in [6.07, 6.45) is -1.49. The molecule has 1 aromatic carbocycles. The Morgan fingerprint density at radius 2 is 1.89 bits per heavy atom. The molecule has 0 radical (unpaired) electrons. The number of hydrogen-bond donors (Lipinski definition) is 4. The normalized spacial score (nSPS) is 25.2. The van der Waals surface area contributed by atoms with Crippen LogP contribution >= 0.6 is 0 Å². The molecular formula is C17H18FN5O4. The minimum absolute atomic E-state index is 0.305. The summed E-state index contributed by atoms with van der Waals surface area (Å²) < 4.78 is 20.0. The molecule has 4 rings (SSSR count). The largest absolute Gasteiger partial charge is 0.394 e. The highest BCUT2D eigenvalue weighted by Gasteiger charge is 2.44. The summed E-state index contributed by atoms with van der Waals surface area (Å²) in [5.41, 5.74) is 1.73. The van der Waals surface area contributed by atoms with E-state index in [0.717, 1.165) is 5.56 Å². The zero-order valence-corrected chi connectivity index (χ0v) is 14.1. The van der Waals surface area contributed by atoms with Crippen LogP contribution < -0.4 is 5.32 Å². The molecule has 9 nitrogen and oxygen atoms in total. The number of ether oxygens (including phenoxy) is 1. The second kappa shape index (κ2) is 7.16. The summed E-state index contributed by atoms with van der Waals surface area (Å²) in [6.45, 7) is -0.00603. The van der Waals surface area contributed by atoms with Crippen molar-refractivity contribution in [3.63, 3.8) is 0 Å². The van der Waals surface area contributed by atoms with Crippen LogP contribution in [0, 0.1) is 5.82 Å². The molecular weight excluding hydrogens is 357 g/mol. The average molecular weight is 375 g/mol. The minimum Gasteiger partial charge on any atom is -0.394 e. The van der Waals surface area contributed by atoms with E-state index < -0.39 is 31.1 Å². The van der Waals surface area contributed by atoms with Crippen molar-refractivity contribution in [2.45, 2.75) is 31.1 Å². The number of aliphatic hydroxyl groups excluding tert-OH is 3. The highest BCUT2D eigenvalue weighted by molar-refractivity contribution is 5.82. The number of halogens is 1. The monoisotopic (exact) mass is 375 g/mol. The summed E-state index contributed by atoms with van der Waals surface area (Å²) in [5.74, 6) is 0.162. The number of imidazole rings is 1. The first-order valence-electron chi connectivity index (χ1n) is 8.37. The van der Waals surface area contributed by atoms with Gasteiger partial charge < -0.3 is 25.4 Å². The second-order valence-corrected chi connectivity index (χ2v) is 6.26. The first kappa shape index (κ1) is 17.7. The van der Waals surface area contributed by atoms with Crippen molar-refractivity contribution in [1.82, 2.24) is 19.5 Å². The number of nitrogens with one attached hydrogen (secondary N) is 1. The molecule has 1 aliphatic heterocycles. The first-order valence-corrected chi connectivity index (χ1v) is 8.37. The Morgan fingerprint density at radius 1 is 1.11 bits per heavy atom. The lowest BCUT2D eigenvalue weighted by Crippen LogP contribution is -2.33. The molecule has 27 heavy (non-hydrogen) atoms. The van der Waals surface area contributed by atoms with Crippen LogP contribution in [0.5, 0.6) is 0 Å². The molecule has 4 N–H and O–H groups in total. The molecule has 0 aliphatic carbocycles. The molecule has 1 saturated heterocycles. The fourth-order valence-corrected chi connectivity index (χ4v) is 3.07. The van der Waals surface area contributed by atoms with E-state index in [1.54, 1.807) is 12.1 Å². The zero-order chi connectivity index (χ0) is 19.0. The highest BCUT2D eigenvalue weighted by Crippen LogP contribution is 2.32. The van der Waals surface area contributed by atoms with Crippen LogP contribution in [0.2, 0.25) is 0 Å². The maximum absolute atomic E-state index is 13.0. The van der Waals surface area contributed by atoms with Gasteiger partial charge in [-0.1, -0.05) is 12.1 Å². The molecule has 10 heteroatoms. The van der Waals surface area contributed by atoms with Gasteiger partial charge in [-0.3, -0.25) is 4.57 Å². The SMILES string of the molecule is OCC1OC(n2cnc3c(NCc4ccc(F)cc4)ncnc32)C(O)C1O. The van der Waals surface area contributed by atoms with Crippen molar-refractivity contribution in [2.75, 3.05) is 11.9 Å². The summed E-state index contributed by atoms with van der Waals surface area (Å²) in [5, 5.41) is 32.5. The van der Waals surface area contributed by atoms with Crippen molar-refractivity contribution in [3.8, 4) is 0 Å². The Kier molecular flexibility index (Phi) is 4.70. The number of hydrogen-bond acceptors (Lipinski definition) is 8. The van der Waals surface area contributed by atoms with Crippen LogP contribution in [0.3, 0.4) is 0 Å². The van der Waals surface area contributed by atoms with Crippen LogP contribution in [-0.2, 0) is 11.3 Å². The Balaban J connectivity index is 1.59. The predicted octanol–water partition coefficient (Wildman–Crippen LogP) is 0.189. The fourth-order valence-electron chi connectivity index (χ4n) is 3.07. The lowest BCUT2D eigenvalue weighted by Gasteiger charge is -2.16. The van der Waals surface area contributed by atoms with E-state index in [-0.39, 0.29) is 5.82 Å². The topological polar surface area (TPSA) is 126 Å². The number of anilines is 1. The van der Waals surface area contributed by atoms with E-state index in [1.165, 1.54) is 29.4 Å². The van der Waals surface area contributed by atoms with Gasteiger partial charge in [0.05, 0.1) is 12.9 Å². The Morgan fingerprint density at radius 3 is 2.59 bits per heavy atom. The van der Waals surface area contributed by atoms with Gasteiger partial charge in [0.2, 0.25) is 0 Å². The zero-order valence-electron chi connectivity index (χ0n) is 14.1. The fraction of sp³-hybridized carbons (Fsp3) is 0.353. The summed E-state index contributed by atoms with van der Waals surface area (Å²) in [6, 6.07) is 6.09. The van der Waals surface area contributed by atoms with Crippen molar-refractivity contribution >= 4 is 17.0 Å². The summed E-state index contributed by atoms with van der Waals surface area (Å²) >= 11 is 0. The molecule has 142 valence electrons. The Labute approximate surface area is 153 Å². The smallest absolute Gasteiger partial charge is 0.167 e. The van der Waals surface area contributed by atoms with Gasteiger partial charge in [0, 0.05) is 6.54 Å². The van der Waals surface area contributed by atoms with Crippen molar-refractivity contribution < 1.29 is 24.4 Å². The third-order valence-electron chi connectivity index (χ3n) is 4.52. The number of benzene rings is 1. The third kappa shape index (κ3) is 3.23. The standard InChI is InChI=1S/C17H18FN5O4/c18-10-3-1-9(2-4-10)5-19-15-12-16(21-7-20-15)23(8-22-12)17-14(26)13(25)11(6-24)27-17/h1-4,7-8,11,13-14,17,24-26H,5-6H2,(H,19,20,21). The molecule has 1 aliphatic rings. The lowest BCUT2D eigenvalue weighted by molar-refractivity contribution is -0.0511. The van der Waals surface area contributed by atoms with Crippen molar-refractivity contribution in [1.29, 1.82) is 0 Å². The van der Waals surface area contributed by atoms with E-state index in [4.69, 9.17) is 4.74 Å². The van der Waals surface area contributed by atoms with E-state index in [2.05, 4.69) is 20.3 Å². The molecule has 3 heterocycles. The quantitative estimate of drug-likeness (QED) is 0.498. The van der Waals surface area contributed by atoms with Crippen LogP contribution in [0.25, 0.3) is 11.2 Å². The molecule has 0 bridgehead atoms. The van der Waals surface area contributed by atoms with Crippen molar-refractivity contribution in [3.05, 3.63) is 48.3 Å². The van der Waals surface area contributed by atoms with Gasteiger partial charge in [-0.25, -0.2) is 19.3 Å². The maximum atomic E-state index is 13.0. The molecule has 1 fully saturated rings. The van der Waals surface area contributed by atoms with E-state index in [1.807, 2.05) is 0 Å². The van der Waals surface area contributed by atoms with Crippen LogP contribution in [-0.4, -0.2) is 59.8 Å². The van der Waals surface area contributed by atoms with Gasteiger partial charge >= 0.3 is 0 Å². The maximum Gasteiger partial charge on any atom is 0.167 e. The molecule has 2 aromatic heterocycles. The number of nitrogens with zero attached hydrogens (tertiary/aromatic N) is 4. The van der Waals surface area contributed by atoms with E-state index in [9.17, 15) is 19.7 Å². The van der Waals surface area contributed by atoms with Crippen LogP contribution in [0.15, 0.2) is 36.9 Å². The van der Waals surface area contributed by atoms with Gasteiger partial charge in [0.1, 0.15) is 30.5 Å². The van der Waals surface area contributed by atoms with Gasteiger partial charge in [0.25, 0.3) is 0 Å². The number of aliphatic hydroxyl groups is 3. The van der Waals surface area contributed by atoms with Crippen LogP contribution in [0.4, 0.5) is 10.2 Å². The van der Waals surface area contributed by atoms with Gasteiger partial charge in [-0.2, -0.15) is 0 Å². The molecule has 4 unspecified atom stereocenters. The number of rotatable bonds is 5. The predicted molar refractivity (Wildman–Crippen MR) is 92.1 cm³/mol. The van der Waals surface area contributed by atoms with Gasteiger partial charge in [-0.05, 0) is 17.7 Å². The first-order chi connectivity index (χ1) is 13.1. The summed E-state index contributed by atoms with van der Waals surface area (Å²) in [7, 11) is 0. The van der Waals surface area contributed by atoms with Gasteiger partial charge in [-0.15, -0.1) is 0 Å². The van der Waals surface area contributed by atoms with Crippen molar-refractivity contribution in [2.24, 2.45) is 0 Å². The van der Waals surface area contributed by atoms with Crippen LogP contribution in [0.1, 0.15) is 11.8 Å². The minimum atomic E-state index is -1.23. The molecule has 3 aromatic rings. The average Bonchev–Trinajstić information content (AvgIpc) is 3.23. The van der Waals surface area contributed by atoms with E-state index >= 15 is 0 Å². The molecule has 0 amide bonds. The Hall–Kier alpha value is -2.66. The summed E-state index contributed by atoms with van der Waals surface area (Å²) in [4.78, 5) is 12.6. The Bertz CT molecular complexity index is 935. The second-order valence-electron chi connectivity index (χ2n) is 6.26. The third-order valence-corrected chi connectivity index (χ3v) is 4.52. The number of aromatic nitrogens is 4. The molecule has 0 spiro atoms. The molecule has 4 atom stereocenters. The highest BCUT2D eigenvalue weighted by atomic mass is 19.1. The lowest BCUT2D eigenvalue weighted by atomic mass is 10.1. The van der Waals surface area contributed by atoms with E-state index in [0.29, 0.717) is 23.5 Å². The van der Waals surface area contributed by atoms with Gasteiger partial charge in [0.15, 0.2) is 23.2 Å². The number of fused-ring (bicyclic) bond motifs is 1. The molecule has 0 saturated carbocycles.